The van der Waals surface area contributed by atoms with Crippen LogP contribution in [0.5, 0.6) is 0 Å². The summed E-state index contributed by atoms with van der Waals surface area (Å²) in [4.78, 5) is 10.2. The van der Waals surface area contributed by atoms with Gasteiger partial charge in [0.25, 0.3) is 0 Å². The maximum atomic E-state index is 10.2. The standard InChI is InChI=1S/C10H14N2.C9H10N4O.C2H6/c1-4-6-10-9(3)8-11-12(10)7-5-2;14-7-10-8-2-1-3-9(6-8)13-11-4-5-12-13;1-2/h4-8H,1-3H3;1-4,6-7,12H,5H2,(H,10,14);1-2H3/b6-4-,7-5-;;. The highest BCUT2D eigenvalue weighted by Gasteiger charge is 2.07. The van der Waals surface area contributed by atoms with E-state index in [-0.39, 0.29) is 0 Å². The number of anilines is 2. The lowest BCUT2D eigenvalue weighted by atomic mass is 10.2. The second-order valence-electron chi connectivity index (χ2n) is 5.42. The van der Waals surface area contributed by atoms with Crippen LogP contribution in [0.25, 0.3) is 12.3 Å². The van der Waals surface area contributed by atoms with Crippen molar-refractivity contribution in [2.24, 2.45) is 5.10 Å². The average Bonchev–Trinajstić information content (AvgIpc) is 3.37. The SMILES string of the molecule is C/C=C\c1c(C)cnn1/C=C\C.CC.O=CNc1cccc(N2N=CCN2)c1. The van der Waals surface area contributed by atoms with Crippen molar-refractivity contribution in [2.75, 3.05) is 17.0 Å². The minimum Gasteiger partial charge on any atom is -0.329 e. The van der Waals surface area contributed by atoms with E-state index in [1.54, 1.807) is 11.3 Å². The Balaban J connectivity index is 0.000000260. The first kappa shape index (κ1) is 22.9. The zero-order chi connectivity index (χ0) is 20.8. The Morgan fingerprint density at radius 3 is 2.61 bits per heavy atom. The molecule has 0 spiro atoms. The maximum absolute atomic E-state index is 10.2. The number of hydrogen-bond acceptors (Lipinski definition) is 5. The van der Waals surface area contributed by atoms with Crippen LogP contribution in [0.3, 0.4) is 0 Å². The summed E-state index contributed by atoms with van der Waals surface area (Å²) in [5.74, 6) is 0. The molecular formula is C21H30N6O. The van der Waals surface area contributed by atoms with Crippen LogP contribution >= 0.6 is 0 Å². The molecule has 7 nitrogen and oxygen atoms in total. The Labute approximate surface area is 167 Å². The molecular weight excluding hydrogens is 352 g/mol. The lowest BCUT2D eigenvalue weighted by molar-refractivity contribution is -0.105. The number of allylic oxidation sites excluding steroid dienone is 2. The number of aromatic nitrogens is 2. The van der Waals surface area contributed by atoms with Crippen molar-refractivity contribution >= 4 is 36.3 Å². The minimum absolute atomic E-state index is 0.653. The van der Waals surface area contributed by atoms with Gasteiger partial charge < -0.3 is 5.32 Å². The van der Waals surface area contributed by atoms with Crippen molar-refractivity contribution in [3.05, 3.63) is 53.9 Å². The van der Waals surface area contributed by atoms with E-state index >= 15 is 0 Å². The van der Waals surface area contributed by atoms with Crippen molar-refractivity contribution in [3.8, 4) is 0 Å². The van der Waals surface area contributed by atoms with Gasteiger partial charge in [-0.05, 0) is 50.6 Å². The van der Waals surface area contributed by atoms with Gasteiger partial charge in [0.1, 0.15) is 0 Å². The van der Waals surface area contributed by atoms with Gasteiger partial charge in [-0.1, -0.05) is 32.1 Å². The molecule has 28 heavy (non-hydrogen) atoms. The predicted octanol–water partition coefficient (Wildman–Crippen LogP) is 4.31. The highest BCUT2D eigenvalue weighted by atomic mass is 16.1. The molecule has 150 valence electrons. The Morgan fingerprint density at radius 1 is 1.21 bits per heavy atom. The molecule has 3 rings (SSSR count). The van der Waals surface area contributed by atoms with Gasteiger partial charge in [-0.2, -0.15) is 15.3 Å². The van der Waals surface area contributed by atoms with Crippen LogP contribution in [0.15, 0.2) is 47.7 Å². The fraction of sp³-hybridized carbons (Fsp3) is 0.286. The van der Waals surface area contributed by atoms with E-state index in [4.69, 9.17) is 0 Å². The van der Waals surface area contributed by atoms with Crippen LogP contribution in [-0.4, -0.2) is 28.9 Å². The lowest BCUT2D eigenvalue weighted by Crippen LogP contribution is -2.28. The first-order chi connectivity index (χ1) is 13.7. The van der Waals surface area contributed by atoms with E-state index in [1.807, 2.05) is 81.2 Å². The predicted molar refractivity (Wildman–Crippen MR) is 119 cm³/mol. The molecule has 0 saturated heterocycles. The van der Waals surface area contributed by atoms with E-state index in [0.717, 1.165) is 23.6 Å². The van der Waals surface area contributed by atoms with Crippen molar-refractivity contribution in [1.82, 2.24) is 15.2 Å². The molecule has 1 aliphatic rings. The Bertz CT molecular complexity index is 807. The first-order valence-electron chi connectivity index (χ1n) is 9.35. The molecule has 7 heteroatoms. The van der Waals surface area contributed by atoms with E-state index in [9.17, 15) is 4.79 Å². The maximum Gasteiger partial charge on any atom is 0.211 e. The fourth-order valence-electron chi connectivity index (χ4n) is 2.33. The third-order valence-corrected chi connectivity index (χ3v) is 3.49. The number of rotatable bonds is 5. The number of amides is 1. The summed E-state index contributed by atoms with van der Waals surface area (Å²) >= 11 is 0. The summed E-state index contributed by atoms with van der Waals surface area (Å²) in [5.41, 5.74) is 7.03. The number of nitrogens with zero attached hydrogens (tertiary/aromatic N) is 4. The molecule has 0 saturated carbocycles. The lowest BCUT2D eigenvalue weighted by Gasteiger charge is -2.14. The molecule has 2 heterocycles. The number of hydrazone groups is 1. The third-order valence-electron chi connectivity index (χ3n) is 3.49. The van der Waals surface area contributed by atoms with Gasteiger partial charge in [-0.25, -0.2) is 10.1 Å². The molecule has 1 aromatic carbocycles. The quantitative estimate of drug-likeness (QED) is 0.756. The van der Waals surface area contributed by atoms with Crippen molar-refractivity contribution in [2.45, 2.75) is 34.6 Å². The van der Waals surface area contributed by atoms with Crippen LogP contribution in [0.2, 0.25) is 0 Å². The zero-order valence-electron chi connectivity index (χ0n) is 17.3. The Morgan fingerprint density at radius 2 is 2.00 bits per heavy atom. The van der Waals surface area contributed by atoms with Gasteiger partial charge >= 0.3 is 0 Å². The van der Waals surface area contributed by atoms with E-state index in [2.05, 4.69) is 33.9 Å². The monoisotopic (exact) mass is 382 g/mol. The van der Waals surface area contributed by atoms with Gasteiger partial charge in [-0.3, -0.25) is 4.79 Å². The summed E-state index contributed by atoms with van der Waals surface area (Å²) in [6, 6.07) is 7.42. The number of hydrogen-bond donors (Lipinski definition) is 2. The van der Waals surface area contributed by atoms with Crippen molar-refractivity contribution in [1.29, 1.82) is 0 Å². The number of carbonyl (C=O) groups is 1. The van der Waals surface area contributed by atoms with Crippen LogP contribution in [-0.2, 0) is 4.79 Å². The molecule has 1 amide bonds. The van der Waals surface area contributed by atoms with Crippen LogP contribution in [0.4, 0.5) is 11.4 Å². The summed E-state index contributed by atoms with van der Waals surface area (Å²) < 4.78 is 1.87. The normalized spacial score (nSPS) is 12.5. The third kappa shape index (κ3) is 6.85. The summed E-state index contributed by atoms with van der Waals surface area (Å²) in [7, 11) is 0. The first-order valence-corrected chi connectivity index (χ1v) is 9.35. The molecule has 1 aliphatic heterocycles. The number of nitrogens with one attached hydrogen (secondary N) is 2. The largest absolute Gasteiger partial charge is 0.329 e. The van der Waals surface area contributed by atoms with E-state index in [1.165, 1.54) is 5.56 Å². The molecule has 0 aliphatic carbocycles. The van der Waals surface area contributed by atoms with Gasteiger partial charge in [0.05, 0.1) is 24.1 Å². The molecule has 0 unspecified atom stereocenters. The van der Waals surface area contributed by atoms with Gasteiger partial charge in [-0.15, -0.1) is 0 Å². The summed E-state index contributed by atoms with van der Waals surface area (Å²) in [6.45, 7) is 10.8. The highest BCUT2D eigenvalue weighted by molar-refractivity contribution is 5.74. The van der Waals surface area contributed by atoms with E-state index < -0.39 is 0 Å². The topological polar surface area (TPSA) is 74.5 Å². The second kappa shape index (κ2) is 13.1. The minimum atomic E-state index is 0.653. The Hall–Kier alpha value is -3.19. The van der Waals surface area contributed by atoms with Crippen LogP contribution in [0.1, 0.15) is 39.0 Å². The molecule has 2 aromatic rings. The summed E-state index contributed by atoms with van der Waals surface area (Å²) in [6.07, 6.45) is 12.3. The second-order valence-corrected chi connectivity index (χ2v) is 5.42. The van der Waals surface area contributed by atoms with Crippen molar-refractivity contribution in [3.63, 3.8) is 0 Å². The average molecular weight is 383 g/mol. The molecule has 2 N–H and O–H groups in total. The van der Waals surface area contributed by atoms with Gasteiger partial charge in [0, 0.05) is 18.1 Å². The van der Waals surface area contributed by atoms with Crippen LogP contribution in [0, 0.1) is 6.92 Å². The Kier molecular flexibility index (Phi) is 10.7. The smallest absolute Gasteiger partial charge is 0.211 e. The summed E-state index contributed by atoms with van der Waals surface area (Å²) in [5, 5.41) is 12.5. The van der Waals surface area contributed by atoms with Gasteiger partial charge in [0.2, 0.25) is 6.41 Å². The fourth-order valence-corrected chi connectivity index (χ4v) is 2.33. The van der Waals surface area contributed by atoms with Crippen molar-refractivity contribution < 1.29 is 4.79 Å². The molecule has 0 fully saturated rings. The number of aryl methyl sites for hydroxylation is 1. The van der Waals surface area contributed by atoms with Crippen LogP contribution < -0.4 is 15.9 Å². The highest BCUT2D eigenvalue weighted by Crippen LogP contribution is 2.18. The molecule has 1 aromatic heterocycles. The van der Waals surface area contributed by atoms with E-state index in [0.29, 0.717) is 6.41 Å². The number of carbonyl (C=O) groups excluding carboxylic acids is 1. The number of benzene rings is 1. The molecule has 0 radical (unpaired) electrons. The number of hydrazine groups is 1. The molecule has 0 bridgehead atoms. The van der Waals surface area contributed by atoms with Gasteiger partial charge in [0.15, 0.2) is 0 Å². The molecule has 0 atom stereocenters. The zero-order valence-corrected chi connectivity index (χ0v) is 17.3.